The number of hydrogen-bond acceptors (Lipinski definition) is 5. The monoisotopic (exact) mass is 341 g/mol. The Morgan fingerprint density at radius 2 is 1.50 bits per heavy atom. The van der Waals surface area contributed by atoms with Crippen LogP contribution in [-0.4, -0.2) is 28.6 Å². The van der Waals surface area contributed by atoms with E-state index in [1.165, 1.54) is 5.56 Å². The molecule has 2 aromatic carbocycles. The lowest BCUT2D eigenvalue weighted by Crippen LogP contribution is -2.32. The Labute approximate surface area is 143 Å². The molecule has 0 N–H and O–H groups in total. The zero-order chi connectivity index (χ0) is 16.9. The average Bonchev–Trinajstić information content (AvgIpc) is 2.85. The van der Waals surface area contributed by atoms with Gasteiger partial charge in [0, 0.05) is 11.5 Å². The van der Waals surface area contributed by atoms with Crippen LogP contribution in [0.4, 0.5) is 0 Å². The van der Waals surface area contributed by atoms with Crippen LogP contribution in [0.25, 0.3) is 0 Å². The molecule has 0 bridgehead atoms. The van der Waals surface area contributed by atoms with Crippen molar-refractivity contribution >= 4 is 29.5 Å². The summed E-state index contributed by atoms with van der Waals surface area (Å²) in [7, 11) is 0. The maximum Gasteiger partial charge on any atom is 0.334 e. The molecule has 2 aromatic rings. The fraction of sp³-hybridized carbons (Fsp3) is 0.167. The largest absolute Gasteiger partial charge is 0.334 e. The molecule has 0 saturated carbocycles. The minimum atomic E-state index is -0.596. The molecule has 0 unspecified atom stereocenters. The molecule has 122 valence electrons. The molecule has 0 aromatic heterocycles. The van der Waals surface area contributed by atoms with Crippen LogP contribution in [0.1, 0.15) is 32.7 Å². The fourth-order valence-electron chi connectivity index (χ4n) is 2.32. The number of carbonyl (C=O) groups is 3. The molecule has 1 heterocycles. The molecule has 0 fully saturated rings. The fourth-order valence-corrected chi connectivity index (χ4v) is 3.20. The van der Waals surface area contributed by atoms with Crippen LogP contribution in [0.3, 0.4) is 0 Å². The SMILES string of the molecule is O=C(CCSCc1ccccc1)ON1C(=O)c2ccccc2C1=O. The molecule has 0 saturated heterocycles. The molecule has 6 heteroatoms. The van der Waals surface area contributed by atoms with E-state index in [0.717, 1.165) is 5.75 Å². The summed E-state index contributed by atoms with van der Waals surface area (Å²) in [4.78, 5) is 41.0. The van der Waals surface area contributed by atoms with Crippen molar-refractivity contribution in [3.05, 3.63) is 71.3 Å². The van der Waals surface area contributed by atoms with Gasteiger partial charge >= 0.3 is 5.97 Å². The summed E-state index contributed by atoms with van der Waals surface area (Å²) in [5.41, 5.74) is 1.69. The van der Waals surface area contributed by atoms with Gasteiger partial charge in [-0.15, -0.1) is 0 Å². The van der Waals surface area contributed by atoms with E-state index >= 15 is 0 Å². The molecule has 24 heavy (non-hydrogen) atoms. The van der Waals surface area contributed by atoms with Crippen molar-refractivity contribution in [1.29, 1.82) is 0 Å². The van der Waals surface area contributed by atoms with Gasteiger partial charge in [0.1, 0.15) is 0 Å². The van der Waals surface area contributed by atoms with Crippen LogP contribution < -0.4 is 0 Å². The zero-order valence-corrected chi connectivity index (χ0v) is 13.6. The molecular weight excluding hydrogens is 326 g/mol. The summed E-state index contributed by atoms with van der Waals surface area (Å²) in [5.74, 6) is -0.440. The first-order chi connectivity index (χ1) is 11.7. The first-order valence-corrected chi connectivity index (χ1v) is 8.62. The van der Waals surface area contributed by atoms with Crippen LogP contribution in [0.5, 0.6) is 0 Å². The third kappa shape index (κ3) is 3.49. The lowest BCUT2D eigenvalue weighted by atomic mass is 10.1. The zero-order valence-electron chi connectivity index (χ0n) is 12.8. The first-order valence-electron chi connectivity index (χ1n) is 7.47. The van der Waals surface area contributed by atoms with Gasteiger partial charge in [0.05, 0.1) is 17.5 Å². The minimum Gasteiger partial charge on any atom is -0.330 e. The Kier molecular flexibility index (Phi) is 4.96. The Bertz CT molecular complexity index is 741. The second-order valence-electron chi connectivity index (χ2n) is 5.20. The maximum atomic E-state index is 12.1. The van der Waals surface area contributed by atoms with Gasteiger partial charge in [0.25, 0.3) is 11.8 Å². The van der Waals surface area contributed by atoms with E-state index in [4.69, 9.17) is 4.84 Å². The lowest BCUT2D eigenvalue weighted by Gasteiger charge is -2.12. The number of thioether (sulfide) groups is 1. The lowest BCUT2D eigenvalue weighted by molar-refractivity contribution is -0.167. The van der Waals surface area contributed by atoms with E-state index in [9.17, 15) is 14.4 Å². The Morgan fingerprint density at radius 3 is 2.12 bits per heavy atom. The van der Waals surface area contributed by atoms with Gasteiger partial charge in [-0.05, 0) is 17.7 Å². The second-order valence-corrected chi connectivity index (χ2v) is 6.31. The number of hydrogen-bond donors (Lipinski definition) is 0. The van der Waals surface area contributed by atoms with E-state index < -0.39 is 17.8 Å². The molecule has 3 rings (SSSR count). The normalized spacial score (nSPS) is 13.1. The van der Waals surface area contributed by atoms with Crippen molar-refractivity contribution in [2.75, 3.05) is 5.75 Å². The predicted molar refractivity (Wildman–Crippen MR) is 90.3 cm³/mol. The topological polar surface area (TPSA) is 63.7 Å². The van der Waals surface area contributed by atoms with Crippen LogP contribution in [-0.2, 0) is 15.4 Å². The molecule has 5 nitrogen and oxygen atoms in total. The van der Waals surface area contributed by atoms with Crippen LogP contribution in [0.2, 0.25) is 0 Å². The molecule has 0 atom stereocenters. The third-order valence-electron chi connectivity index (χ3n) is 3.51. The van der Waals surface area contributed by atoms with Crippen LogP contribution in [0, 0.1) is 0 Å². The number of carbonyl (C=O) groups excluding carboxylic acids is 3. The average molecular weight is 341 g/mol. The summed E-state index contributed by atoms with van der Waals surface area (Å²) in [6, 6.07) is 16.3. The molecule has 0 radical (unpaired) electrons. The van der Waals surface area contributed by atoms with Crippen molar-refractivity contribution in [1.82, 2.24) is 5.06 Å². The van der Waals surface area contributed by atoms with Gasteiger partial charge in [-0.3, -0.25) is 9.59 Å². The number of nitrogens with zero attached hydrogens (tertiary/aromatic N) is 1. The Morgan fingerprint density at radius 1 is 0.917 bits per heavy atom. The smallest absolute Gasteiger partial charge is 0.330 e. The number of hydroxylamine groups is 2. The molecule has 1 aliphatic heterocycles. The quantitative estimate of drug-likeness (QED) is 0.597. The molecule has 0 aliphatic carbocycles. The van der Waals surface area contributed by atoms with E-state index in [1.54, 1.807) is 36.0 Å². The Hall–Kier alpha value is -2.60. The van der Waals surface area contributed by atoms with Crippen molar-refractivity contribution < 1.29 is 19.2 Å². The number of amides is 2. The van der Waals surface area contributed by atoms with E-state index in [2.05, 4.69) is 0 Å². The summed E-state index contributed by atoms with van der Waals surface area (Å²) >= 11 is 1.59. The highest BCUT2D eigenvalue weighted by molar-refractivity contribution is 7.98. The molecule has 1 aliphatic rings. The number of benzene rings is 2. The van der Waals surface area contributed by atoms with Gasteiger partial charge in [0.2, 0.25) is 0 Å². The molecular formula is C18H15NO4S. The van der Waals surface area contributed by atoms with Crippen molar-refractivity contribution in [3.8, 4) is 0 Å². The van der Waals surface area contributed by atoms with Crippen LogP contribution in [0.15, 0.2) is 54.6 Å². The molecule has 2 amide bonds. The first kappa shape index (κ1) is 16.3. The predicted octanol–water partition coefficient (Wildman–Crippen LogP) is 3.06. The maximum absolute atomic E-state index is 12.1. The van der Waals surface area contributed by atoms with Crippen molar-refractivity contribution in [2.45, 2.75) is 12.2 Å². The summed E-state index contributed by atoms with van der Waals surface area (Å²) in [6.07, 6.45) is 0.130. The van der Waals surface area contributed by atoms with Crippen LogP contribution >= 0.6 is 11.8 Å². The highest BCUT2D eigenvalue weighted by Gasteiger charge is 2.38. The van der Waals surface area contributed by atoms with Gasteiger partial charge in [-0.25, -0.2) is 4.79 Å². The number of fused-ring (bicyclic) bond motifs is 1. The van der Waals surface area contributed by atoms with Crippen molar-refractivity contribution in [2.24, 2.45) is 0 Å². The number of rotatable bonds is 6. The summed E-state index contributed by atoms with van der Waals surface area (Å²) in [5, 5.41) is 0.550. The standard InChI is InChI=1S/C18H15NO4S/c20-16(10-11-24-12-13-6-2-1-3-7-13)23-19-17(21)14-8-4-5-9-15(14)18(19)22/h1-9H,10-12H2. The van der Waals surface area contributed by atoms with E-state index in [0.29, 0.717) is 10.8 Å². The van der Waals surface area contributed by atoms with Gasteiger partial charge in [-0.2, -0.15) is 11.8 Å². The molecule has 0 spiro atoms. The third-order valence-corrected chi connectivity index (χ3v) is 4.54. The minimum absolute atomic E-state index is 0.130. The Balaban J connectivity index is 1.48. The number of imide groups is 1. The van der Waals surface area contributed by atoms with Gasteiger partial charge < -0.3 is 4.84 Å². The summed E-state index contributed by atoms with van der Waals surface area (Å²) in [6.45, 7) is 0. The van der Waals surface area contributed by atoms with Gasteiger partial charge in [0.15, 0.2) is 0 Å². The summed E-state index contributed by atoms with van der Waals surface area (Å²) < 4.78 is 0. The second kappa shape index (κ2) is 7.31. The van der Waals surface area contributed by atoms with E-state index in [1.807, 2.05) is 30.3 Å². The van der Waals surface area contributed by atoms with E-state index in [-0.39, 0.29) is 17.5 Å². The highest BCUT2D eigenvalue weighted by atomic mass is 32.2. The van der Waals surface area contributed by atoms with Crippen molar-refractivity contribution in [3.63, 3.8) is 0 Å². The highest BCUT2D eigenvalue weighted by Crippen LogP contribution is 2.23. The van der Waals surface area contributed by atoms with Gasteiger partial charge in [-0.1, -0.05) is 47.5 Å².